The predicted octanol–water partition coefficient (Wildman–Crippen LogP) is 1.61. The van der Waals surface area contributed by atoms with Crippen molar-refractivity contribution < 1.29 is 4.74 Å². The molecule has 1 saturated carbocycles. The topological polar surface area (TPSA) is 40.2 Å². The molecule has 3 nitrogen and oxygen atoms in total. The summed E-state index contributed by atoms with van der Waals surface area (Å²) in [6.07, 6.45) is 4.57. The van der Waals surface area contributed by atoms with Crippen molar-refractivity contribution in [3.63, 3.8) is 0 Å². The molecule has 0 amide bonds. The number of aryl methyl sites for hydroxylation is 2. The lowest BCUT2D eigenvalue weighted by molar-refractivity contribution is 0.352. The van der Waals surface area contributed by atoms with E-state index in [0.717, 1.165) is 31.9 Å². The van der Waals surface area contributed by atoms with E-state index in [2.05, 4.69) is 17.6 Å². The van der Waals surface area contributed by atoms with E-state index in [4.69, 9.17) is 10.5 Å². The van der Waals surface area contributed by atoms with Crippen LogP contribution in [0.4, 0.5) is 0 Å². The SMILES string of the molecule is Cc1cc(CCC2(N)CC2)c2n1CCO2. The molecule has 2 N–H and O–H groups in total. The van der Waals surface area contributed by atoms with Crippen LogP contribution < -0.4 is 10.5 Å². The molecule has 82 valence electrons. The first kappa shape index (κ1) is 9.28. The Labute approximate surface area is 90.2 Å². The van der Waals surface area contributed by atoms with Gasteiger partial charge in [-0.3, -0.25) is 0 Å². The third-order valence-electron chi connectivity index (χ3n) is 3.67. The number of hydrogen-bond acceptors (Lipinski definition) is 2. The monoisotopic (exact) mass is 206 g/mol. The average molecular weight is 206 g/mol. The molecule has 1 aromatic heterocycles. The molecule has 1 aliphatic carbocycles. The van der Waals surface area contributed by atoms with E-state index in [1.54, 1.807) is 0 Å². The van der Waals surface area contributed by atoms with Crippen LogP contribution in [0.3, 0.4) is 0 Å². The fraction of sp³-hybridized carbons (Fsp3) is 0.667. The number of nitrogens with two attached hydrogens (primary N) is 1. The number of rotatable bonds is 3. The van der Waals surface area contributed by atoms with Gasteiger partial charge in [-0.25, -0.2) is 0 Å². The van der Waals surface area contributed by atoms with Crippen LogP contribution in [0.1, 0.15) is 30.5 Å². The highest BCUT2D eigenvalue weighted by atomic mass is 16.5. The Balaban J connectivity index is 1.77. The van der Waals surface area contributed by atoms with Gasteiger partial charge in [0.05, 0.1) is 6.54 Å². The van der Waals surface area contributed by atoms with Gasteiger partial charge in [0.25, 0.3) is 0 Å². The highest BCUT2D eigenvalue weighted by Crippen LogP contribution is 2.38. The molecular formula is C12H18N2O. The Kier molecular flexibility index (Phi) is 1.87. The van der Waals surface area contributed by atoms with Crippen molar-refractivity contribution in [2.45, 2.75) is 44.7 Å². The summed E-state index contributed by atoms with van der Waals surface area (Å²) in [6.45, 7) is 3.99. The molecule has 0 saturated heterocycles. The third kappa shape index (κ3) is 1.55. The van der Waals surface area contributed by atoms with Crippen LogP contribution in [-0.2, 0) is 13.0 Å². The van der Waals surface area contributed by atoms with Crippen LogP contribution in [0.15, 0.2) is 6.07 Å². The number of fused-ring (bicyclic) bond motifs is 1. The molecule has 2 heterocycles. The molecule has 0 radical (unpaired) electrons. The van der Waals surface area contributed by atoms with Crippen LogP contribution in [0.5, 0.6) is 5.88 Å². The van der Waals surface area contributed by atoms with E-state index in [1.165, 1.54) is 24.1 Å². The summed E-state index contributed by atoms with van der Waals surface area (Å²) in [5.41, 5.74) is 8.92. The van der Waals surface area contributed by atoms with Crippen LogP contribution in [0, 0.1) is 6.92 Å². The van der Waals surface area contributed by atoms with Crippen LogP contribution in [-0.4, -0.2) is 16.7 Å². The van der Waals surface area contributed by atoms with Gasteiger partial charge >= 0.3 is 0 Å². The van der Waals surface area contributed by atoms with Crippen molar-refractivity contribution in [1.29, 1.82) is 0 Å². The van der Waals surface area contributed by atoms with Crippen LogP contribution in [0.25, 0.3) is 0 Å². The Morgan fingerprint density at radius 2 is 2.33 bits per heavy atom. The van der Waals surface area contributed by atoms with Gasteiger partial charge in [-0.1, -0.05) is 0 Å². The van der Waals surface area contributed by atoms with Crippen molar-refractivity contribution in [2.24, 2.45) is 5.73 Å². The summed E-state index contributed by atoms with van der Waals surface area (Å²) >= 11 is 0. The molecule has 0 aromatic carbocycles. The van der Waals surface area contributed by atoms with Crippen molar-refractivity contribution in [2.75, 3.05) is 6.61 Å². The summed E-state index contributed by atoms with van der Waals surface area (Å²) in [5.74, 6) is 1.09. The lowest BCUT2D eigenvalue weighted by Crippen LogP contribution is -2.22. The van der Waals surface area contributed by atoms with Gasteiger partial charge in [0.1, 0.15) is 6.61 Å². The number of hydrogen-bond donors (Lipinski definition) is 1. The Morgan fingerprint density at radius 3 is 3.07 bits per heavy atom. The van der Waals surface area contributed by atoms with E-state index in [9.17, 15) is 0 Å². The summed E-state index contributed by atoms with van der Waals surface area (Å²) in [4.78, 5) is 0. The van der Waals surface area contributed by atoms with Crippen LogP contribution in [0.2, 0.25) is 0 Å². The molecule has 3 rings (SSSR count). The zero-order chi connectivity index (χ0) is 10.5. The van der Waals surface area contributed by atoms with Gasteiger partial charge in [-0.2, -0.15) is 0 Å². The molecule has 3 heteroatoms. The smallest absolute Gasteiger partial charge is 0.197 e. The average Bonchev–Trinajstić information content (AvgIpc) is 2.65. The second-order valence-corrected chi connectivity index (χ2v) is 4.98. The molecule has 1 aliphatic heterocycles. The molecule has 15 heavy (non-hydrogen) atoms. The minimum Gasteiger partial charge on any atom is -0.477 e. The molecular weight excluding hydrogens is 188 g/mol. The quantitative estimate of drug-likeness (QED) is 0.816. The first-order valence-corrected chi connectivity index (χ1v) is 5.79. The third-order valence-corrected chi connectivity index (χ3v) is 3.67. The maximum absolute atomic E-state index is 6.10. The fourth-order valence-electron chi connectivity index (χ4n) is 2.38. The van der Waals surface area contributed by atoms with Gasteiger partial charge in [0.2, 0.25) is 0 Å². The molecule has 1 aromatic rings. The molecule has 0 unspecified atom stereocenters. The Hall–Kier alpha value is -0.960. The van der Waals surface area contributed by atoms with Gasteiger partial charge in [-0.15, -0.1) is 0 Å². The minimum absolute atomic E-state index is 0.154. The van der Waals surface area contributed by atoms with Crippen molar-refractivity contribution in [3.05, 3.63) is 17.3 Å². The van der Waals surface area contributed by atoms with E-state index in [-0.39, 0.29) is 5.54 Å². The molecule has 0 spiro atoms. The second kappa shape index (κ2) is 3.01. The van der Waals surface area contributed by atoms with Crippen molar-refractivity contribution >= 4 is 0 Å². The predicted molar refractivity (Wildman–Crippen MR) is 59.1 cm³/mol. The Morgan fingerprint density at radius 1 is 1.53 bits per heavy atom. The summed E-state index contributed by atoms with van der Waals surface area (Å²) in [6, 6.07) is 2.25. The molecule has 0 bridgehead atoms. The van der Waals surface area contributed by atoms with E-state index < -0.39 is 0 Å². The van der Waals surface area contributed by atoms with Gasteiger partial charge in [0.15, 0.2) is 5.88 Å². The first-order valence-electron chi connectivity index (χ1n) is 5.79. The van der Waals surface area contributed by atoms with Gasteiger partial charge in [0, 0.05) is 16.8 Å². The van der Waals surface area contributed by atoms with E-state index in [0.29, 0.717) is 0 Å². The first-order chi connectivity index (χ1) is 7.18. The van der Waals surface area contributed by atoms with Crippen molar-refractivity contribution in [1.82, 2.24) is 4.57 Å². The number of aromatic nitrogens is 1. The maximum atomic E-state index is 6.10. The summed E-state index contributed by atoms with van der Waals surface area (Å²) in [7, 11) is 0. The van der Waals surface area contributed by atoms with Gasteiger partial charge in [-0.05, 0) is 38.7 Å². The van der Waals surface area contributed by atoms with E-state index >= 15 is 0 Å². The zero-order valence-electron chi connectivity index (χ0n) is 9.25. The molecule has 1 fully saturated rings. The lowest BCUT2D eigenvalue weighted by Gasteiger charge is -2.07. The summed E-state index contributed by atoms with van der Waals surface area (Å²) in [5, 5.41) is 0. The normalized spacial score (nSPS) is 21.2. The standard InChI is InChI=1S/C12H18N2O/c1-9-8-10(2-3-12(13)4-5-12)11-14(9)6-7-15-11/h8H,2-7,13H2,1H3. The summed E-state index contributed by atoms with van der Waals surface area (Å²) < 4.78 is 7.93. The second-order valence-electron chi connectivity index (χ2n) is 4.98. The van der Waals surface area contributed by atoms with Gasteiger partial charge < -0.3 is 15.0 Å². The van der Waals surface area contributed by atoms with E-state index in [1.807, 2.05) is 0 Å². The van der Waals surface area contributed by atoms with Crippen molar-refractivity contribution in [3.8, 4) is 5.88 Å². The molecule has 2 aliphatic rings. The van der Waals surface area contributed by atoms with Crippen LogP contribution >= 0.6 is 0 Å². The molecule has 0 atom stereocenters. The fourth-order valence-corrected chi connectivity index (χ4v) is 2.38. The number of ether oxygens (including phenoxy) is 1. The number of nitrogens with zero attached hydrogens (tertiary/aromatic N) is 1. The Bertz CT molecular complexity index is 391. The highest BCUT2D eigenvalue weighted by molar-refractivity contribution is 5.35. The minimum atomic E-state index is 0.154. The highest BCUT2D eigenvalue weighted by Gasteiger charge is 2.37. The lowest BCUT2D eigenvalue weighted by atomic mass is 10.1. The largest absolute Gasteiger partial charge is 0.477 e. The maximum Gasteiger partial charge on any atom is 0.197 e. The zero-order valence-corrected chi connectivity index (χ0v) is 9.25.